The maximum Gasteiger partial charge on any atom is 0.237 e. The maximum atomic E-state index is 12.6. The summed E-state index contributed by atoms with van der Waals surface area (Å²) >= 11 is 0. The first-order valence-electron chi connectivity index (χ1n) is 7.83. The van der Waals surface area contributed by atoms with Crippen molar-refractivity contribution < 1.29 is 9.53 Å². The van der Waals surface area contributed by atoms with Crippen molar-refractivity contribution in [2.45, 2.75) is 39.0 Å². The molecule has 1 amide bonds. The van der Waals surface area contributed by atoms with Crippen molar-refractivity contribution >= 4 is 5.91 Å². The van der Waals surface area contributed by atoms with Crippen LogP contribution in [0.2, 0.25) is 0 Å². The summed E-state index contributed by atoms with van der Waals surface area (Å²) in [4.78, 5) is 16.8. The minimum absolute atomic E-state index is 0.219. The molecule has 2 aliphatic rings. The van der Waals surface area contributed by atoms with Gasteiger partial charge < -0.3 is 9.64 Å². The van der Waals surface area contributed by atoms with Crippen molar-refractivity contribution in [2.75, 3.05) is 26.2 Å². The van der Waals surface area contributed by atoms with Gasteiger partial charge in [0.15, 0.2) is 0 Å². The average molecular weight is 288 g/mol. The van der Waals surface area contributed by atoms with Gasteiger partial charge in [-0.05, 0) is 31.4 Å². The molecular weight excluding hydrogens is 264 g/mol. The van der Waals surface area contributed by atoms with E-state index < -0.39 is 0 Å². The fourth-order valence-corrected chi connectivity index (χ4v) is 3.17. The summed E-state index contributed by atoms with van der Waals surface area (Å²) in [5.41, 5.74) is 2.68. The number of rotatable bonds is 2. The minimum atomic E-state index is 0.219. The molecule has 0 saturated carbocycles. The van der Waals surface area contributed by atoms with Crippen molar-refractivity contribution in [3.05, 3.63) is 35.4 Å². The summed E-state index contributed by atoms with van der Waals surface area (Å²) in [6, 6.07) is 8.75. The molecule has 2 atom stereocenters. The van der Waals surface area contributed by atoms with Crippen molar-refractivity contribution in [1.29, 1.82) is 0 Å². The van der Waals surface area contributed by atoms with Crippen LogP contribution in [0.3, 0.4) is 0 Å². The van der Waals surface area contributed by atoms with Crippen LogP contribution in [0.15, 0.2) is 24.3 Å². The molecule has 0 radical (unpaired) electrons. The van der Waals surface area contributed by atoms with Gasteiger partial charge >= 0.3 is 0 Å². The monoisotopic (exact) mass is 288 g/mol. The van der Waals surface area contributed by atoms with Crippen LogP contribution in [0.5, 0.6) is 0 Å². The third kappa shape index (κ3) is 3.27. The summed E-state index contributed by atoms with van der Waals surface area (Å²) < 4.78 is 5.63. The van der Waals surface area contributed by atoms with E-state index in [0.717, 1.165) is 32.7 Å². The van der Waals surface area contributed by atoms with E-state index in [0.29, 0.717) is 12.6 Å². The fraction of sp³-hybridized carbons (Fsp3) is 0.588. The molecule has 114 valence electrons. The van der Waals surface area contributed by atoms with Gasteiger partial charge in [-0.2, -0.15) is 0 Å². The van der Waals surface area contributed by atoms with Gasteiger partial charge in [-0.25, -0.2) is 0 Å². The van der Waals surface area contributed by atoms with Gasteiger partial charge in [-0.1, -0.05) is 24.3 Å². The Morgan fingerprint density at radius 3 is 2.86 bits per heavy atom. The average Bonchev–Trinajstić information content (AvgIpc) is 2.50. The second-order valence-corrected chi connectivity index (χ2v) is 6.26. The molecule has 0 bridgehead atoms. The van der Waals surface area contributed by atoms with Crippen molar-refractivity contribution in [2.24, 2.45) is 0 Å². The number of carbonyl (C=O) groups is 1. The molecule has 2 unspecified atom stereocenters. The summed E-state index contributed by atoms with van der Waals surface area (Å²) in [7, 11) is 0. The lowest BCUT2D eigenvalue weighted by molar-refractivity contribution is -0.136. The lowest BCUT2D eigenvalue weighted by atomic mass is 10.00. The van der Waals surface area contributed by atoms with Crippen LogP contribution in [0.1, 0.15) is 25.0 Å². The summed E-state index contributed by atoms with van der Waals surface area (Å²) in [5, 5.41) is 0. The molecule has 0 aliphatic carbocycles. The number of hydrogen-bond acceptors (Lipinski definition) is 3. The van der Waals surface area contributed by atoms with Crippen LogP contribution in [0.4, 0.5) is 0 Å². The molecule has 21 heavy (non-hydrogen) atoms. The number of fused-ring (bicyclic) bond motifs is 1. The molecule has 0 aromatic heterocycles. The second-order valence-electron chi connectivity index (χ2n) is 6.26. The SMILES string of the molecule is CC1CN(CC(=O)N2CCc3ccccc3C2)C(C)CO1. The van der Waals surface area contributed by atoms with Crippen LogP contribution in [-0.2, 0) is 22.5 Å². The molecule has 0 spiro atoms. The Labute approximate surface area is 126 Å². The van der Waals surface area contributed by atoms with Gasteiger partial charge in [-0.15, -0.1) is 0 Å². The van der Waals surface area contributed by atoms with Crippen LogP contribution in [0, 0.1) is 0 Å². The second kappa shape index (κ2) is 6.16. The minimum Gasteiger partial charge on any atom is -0.376 e. The highest BCUT2D eigenvalue weighted by molar-refractivity contribution is 5.78. The molecule has 2 aliphatic heterocycles. The van der Waals surface area contributed by atoms with E-state index in [-0.39, 0.29) is 12.0 Å². The van der Waals surface area contributed by atoms with Gasteiger partial charge in [0.25, 0.3) is 0 Å². The van der Waals surface area contributed by atoms with Gasteiger partial charge in [0.1, 0.15) is 0 Å². The Morgan fingerprint density at radius 1 is 1.29 bits per heavy atom. The van der Waals surface area contributed by atoms with E-state index in [9.17, 15) is 4.79 Å². The highest BCUT2D eigenvalue weighted by atomic mass is 16.5. The molecule has 0 N–H and O–H groups in total. The highest BCUT2D eigenvalue weighted by Crippen LogP contribution is 2.19. The van der Waals surface area contributed by atoms with Crippen molar-refractivity contribution in [3.63, 3.8) is 0 Å². The van der Waals surface area contributed by atoms with E-state index in [4.69, 9.17) is 4.74 Å². The Balaban J connectivity index is 1.61. The van der Waals surface area contributed by atoms with E-state index in [1.165, 1.54) is 11.1 Å². The van der Waals surface area contributed by atoms with E-state index >= 15 is 0 Å². The standard InChI is InChI=1S/C17H24N2O2/c1-13-12-21-14(2)9-19(13)11-17(20)18-8-7-15-5-3-4-6-16(15)10-18/h3-6,13-14H,7-12H2,1-2H3. The lowest BCUT2D eigenvalue weighted by Gasteiger charge is -2.38. The Bertz CT molecular complexity index is 517. The molecule has 1 fully saturated rings. The summed E-state index contributed by atoms with van der Waals surface area (Å²) in [6.45, 7) is 7.87. The van der Waals surface area contributed by atoms with E-state index in [1.807, 2.05) is 4.90 Å². The van der Waals surface area contributed by atoms with Gasteiger partial charge in [0.2, 0.25) is 5.91 Å². The quantitative estimate of drug-likeness (QED) is 0.830. The number of benzene rings is 1. The summed E-state index contributed by atoms with van der Waals surface area (Å²) in [5.74, 6) is 0.241. The van der Waals surface area contributed by atoms with Gasteiger partial charge in [0.05, 0.1) is 19.3 Å². The topological polar surface area (TPSA) is 32.8 Å². The predicted molar refractivity (Wildman–Crippen MR) is 82.0 cm³/mol. The van der Waals surface area contributed by atoms with E-state index in [2.05, 4.69) is 43.0 Å². The largest absolute Gasteiger partial charge is 0.376 e. The normalized spacial score (nSPS) is 26.5. The summed E-state index contributed by atoms with van der Waals surface area (Å²) in [6.07, 6.45) is 1.19. The number of amides is 1. The number of carbonyl (C=O) groups excluding carboxylic acids is 1. The van der Waals surface area contributed by atoms with Gasteiger partial charge in [-0.3, -0.25) is 9.69 Å². The Morgan fingerprint density at radius 2 is 2.05 bits per heavy atom. The zero-order valence-electron chi connectivity index (χ0n) is 12.9. The molecule has 4 nitrogen and oxygen atoms in total. The van der Waals surface area contributed by atoms with E-state index in [1.54, 1.807) is 0 Å². The Hall–Kier alpha value is -1.39. The van der Waals surface area contributed by atoms with Crippen molar-refractivity contribution in [1.82, 2.24) is 9.80 Å². The van der Waals surface area contributed by atoms with Crippen LogP contribution in [-0.4, -0.2) is 54.1 Å². The van der Waals surface area contributed by atoms with Crippen LogP contribution >= 0.6 is 0 Å². The zero-order valence-corrected chi connectivity index (χ0v) is 12.9. The lowest BCUT2D eigenvalue weighted by Crippen LogP contribution is -2.52. The first kappa shape index (κ1) is 14.5. The Kier molecular flexibility index (Phi) is 4.27. The third-order valence-corrected chi connectivity index (χ3v) is 4.56. The molecular formula is C17H24N2O2. The predicted octanol–water partition coefficient (Wildman–Crippen LogP) is 1.68. The molecule has 1 aromatic carbocycles. The smallest absolute Gasteiger partial charge is 0.237 e. The highest BCUT2D eigenvalue weighted by Gasteiger charge is 2.28. The third-order valence-electron chi connectivity index (χ3n) is 4.56. The zero-order chi connectivity index (χ0) is 14.8. The molecule has 1 aromatic rings. The number of hydrogen-bond donors (Lipinski definition) is 0. The molecule has 2 heterocycles. The maximum absolute atomic E-state index is 12.6. The molecule has 4 heteroatoms. The first-order valence-corrected chi connectivity index (χ1v) is 7.83. The first-order chi connectivity index (χ1) is 10.1. The number of nitrogens with zero attached hydrogens (tertiary/aromatic N) is 2. The fourth-order valence-electron chi connectivity index (χ4n) is 3.17. The van der Waals surface area contributed by atoms with Crippen LogP contribution in [0.25, 0.3) is 0 Å². The van der Waals surface area contributed by atoms with Crippen molar-refractivity contribution in [3.8, 4) is 0 Å². The molecule has 1 saturated heterocycles. The van der Waals surface area contributed by atoms with Gasteiger partial charge in [0, 0.05) is 25.7 Å². The molecule has 3 rings (SSSR count). The number of morpholine rings is 1. The number of ether oxygens (including phenoxy) is 1. The van der Waals surface area contributed by atoms with Crippen LogP contribution < -0.4 is 0 Å².